The van der Waals surface area contributed by atoms with E-state index in [-0.39, 0.29) is 0 Å². The molecule has 2 N–H and O–H groups in total. The molecule has 1 aliphatic heterocycles. The van der Waals surface area contributed by atoms with Crippen LogP contribution in [0.25, 0.3) is 0 Å². The standard InChI is InChI=1S/C17H19ClN2/c18-16-11-13(7-9-19)5-6-17(16)20-10-8-14-3-1-2-4-15(14)12-20/h1-6,11H,7-10,12,19H2. The largest absolute Gasteiger partial charge is 0.366 e. The molecule has 1 aliphatic rings. The Hall–Kier alpha value is -1.51. The quantitative estimate of drug-likeness (QED) is 0.937. The van der Waals surface area contributed by atoms with Gasteiger partial charge in [0.1, 0.15) is 0 Å². The van der Waals surface area contributed by atoms with Gasteiger partial charge in [-0.3, -0.25) is 0 Å². The van der Waals surface area contributed by atoms with Gasteiger partial charge in [0, 0.05) is 13.1 Å². The minimum Gasteiger partial charge on any atom is -0.366 e. The number of fused-ring (bicyclic) bond motifs is 1. The molecule has 0 amide bonds. The van der Waals surface area contributed by atoms with E-state index in [1.165, 1.54) is 16.7 Å². The van der Waals surface area contributed by atoms with Gasteiger partial charge in [-0.05, 0) is 48.2 Å². The lowest BCUT2D eigenvalue weighted by atomic mass is 9.99. The maximum atomic E-state index is 6.44. The summed E-state index contributed by atoms with van der Waals surface area (Å²) in [5.74, 6) is 0. The molecule has 0 spiro atoms. The first-order chi connectivity index (χ1) is 9.78. The summed E-state index contributed by atoms with van der Waals surface area (Å²) in [7, 11) is 0. The van der Waals surface area contributed by atoms with E-state index in [0.717, 1.165) is 36.6 Å². The van der Waals surface area contributed by atoms with Gasteiger partial charge in [-0.1, -0.05) is 41.9 Å². The average molecular weight is 287 g/mol. The van der Waals surface area contributed by atoms with Crippen LogP contribution in [0.2, 0.25) is 5.02 Å². The highest BCUT2D eigenvalue weighted by Crippen LogP contribution is 2.31. The molecule has 0 atom stereocenters. The zero-order valence-electron chi connectivity index (χ0n) is 11.5. The van der Waals surface area contributed by atoms with Crippen molar-refractivity contribution in [1.29, 1.82) is 0 Å². The molecule has 0 bridgehead atoms. The number of benzene rings is 2. The highest BCUT2D eigenvalue weighted by atomic mass is 35.5. The molecule has 1 heterocycles. The Labute approximate surface area is 125 Å². The molecular formula is C17H19ClN2. The van der Waals surface area contributed by atoms with E-state index in [4.69, 9.17) is 17.3 Å². The van der Waals surface area contributed by atoms with E-state index in [9.17, 15) is 0 Å². The monoisotopic (exact) mass is 286 g/mol. The zero-order valence-corrected chi connectivity index (χ0v) is 12.2. The minimum atomic E-state index is 0.659. The van der Waals surface area contributed by atoms with Gasteiger partial charge in [-0.25, -0.2) is 0 Å². The number of rotatable bonds is 3. The second-order valence-corrected chi connectivity index (χ2v) is 5.67. The van der Waals surface area contributed by atoms with Crippen LogP contribution in [0, 0.1) is 0 Å². The Morgan fingerprint density at radius 3 is 2.65 bits per heavy atom. The van der Waals surface area contributed by atoms with Crippen molar-refractivity contribution in [3.8, 4) is 0 Å². The van der Waals surface area contributed by atoms with E-state index in [1.54, 1.807) is 0 Å². The lowest BCUT2D eigenvalue weighted by molar-refractivity contribution is 0.731. The van der Waals surface area contributed by atoms with Gasteiger partial charge in [0.2, 0.25) is 0 Å². The number of nitrogens with zero attached hydrogens (tertiary/aromatic N) is 1. The first kappa shape index (κ1) is 13.5. The van der Waals surface area contributed by atoms with Crippen molar-refractivity contribution in [2.75, 3.05) is 18.0 Å². The fourth-order valence-electron chi connectivity index (χ4n) is 2.83. The summed E-state index contributed by atoms with van der Waals surface area (Å²) in [6, 6.07) is 15.0. The summed E-state index contributed by atoms with van der Waals surface area (Å²) in [4.78, 5) is 2.36. The molecular weight excluding hydrogens is 268 g/mol. The Morgan fingerprint density at radius 1 is 1.10 bits per heavy atom. The van der Waals surface area contributed by atoms with Crippen LogP contribution in [0.3, 0.4) is 0 Å². The molecule has 2 aromatic rings. The van der Waals surface area contributed by atoms with Gasteiger partial charge in [-0.2, -0.15) is 0 Å². The van der Waals surface area contributed by atoms with Gasteiger partial charge >= 0.3 is 0 Å². The summed E-state index contributed by atoms with van der Waals surface area (Å²) in [6.45, 7) is 2.62. The van der Waals surface area contributed by atoms with E-state index >= 15 is 0 Å². The van der Waals surface area contributed by atoms with Crippen LogP contribution < -0.4 is 10.6 Å². The van der Waals surface area contributed by atoms with E-state index in [0.29, 0.717) is 6.54 Å². The molecule has 3 heteroatoms. The van der Waals surface area contributed by atoms with Gasteiger partial charge < -0.3 is 10.6 Å². The first-order valence-corrected chi connectivity index (χ1v) is 7.46. The van der Waals surface area contributed by atoms with Crippen LogP contribution in [-0.4, -0.2) is 13.1 Å². The highest BCUT2D eigenvalue weighted by Gasteiger charge is 2.17. The topological polar surface area (TPSA) is 29.3 Å². The first-order valence-electron chi connectivity index (χ1n) is 7.08. The second-order valence-electron chi connectivity index (χ2n) is 5.26. The average Bonchev–Trinajstić information content (AvgIpc) is 2.47. The van der Waals surface area contributed by atoms with Crippen LogP contribution >= 0.6 is 11.6 Å². The summed E-state index contributed by atoms with van der Waals surface area (Å²) >= 11 is 6.44. The maximum absolute atomic E-state index is 6.44. The van der Waals surface area contributed by atoms with Crippen molar-refractivity contribution >= 4 is 17.3 Å². The Bertz CT molecular complexity index is 610. The predicted molar refractivity (Wildman–Crippen MR) is 85.4 cm³/mol. The molecule has 104 valence electrons. The molecule has 0 aromatic heterocycles. The van der Waals surface area contributed by atoms with Crippen LogP contribution in [0.4, 0.5) is 5.69 Å². The molecule has 0 saturated heterocycles. The molecule has 0 radical (unpaired) electrons. The highest BCUT2D eigenvalue weighted by molar-refractivity contribution is 6.33. The van der Waals surface area contributed by atoms with Crippen LogP contribution in [0.1, 0.15) is 16.7 Å². The fourth-order valence-corrected chi connectivity index (χ4v) is 3.15. The van der Waals surface area contributed by atoms with Gasteiger partial charge in [0.15, 0.2) is 0 Å². The van der Waals surface area contributed by atoms with Crippen molar-refractivity contribution in [2.24, 2.45) is 5.73 Å². The molecule has 3 rings (SSSR count). The summed E-state index contributed by atoms with van der Waals surface area (Å²) in [6.07, 6.45) is 1.96. The van der Waals surface area contributed by atoms with Crippen LogP contribution in [0.15, 0.2) is 42.5 Å². The summed E-state index contributed by atoms with van der Waals surface area (Å²) < 4.78 is 0. The van der Waals surface area contributed by atoms with Crippen molar-refractivity contribution in [3.05, 3.63) is 64.2 Å². The Kier molecular flexibility index (Phi) is 3.95. The second kappa shape index (κ2) is 5.86. The van der Waals surface area contributed by atoms with E-state index in [1.807, 2.05) is 6.07 Å². The zero-order chi connectivity index (χ0) is 13.9. The van der Waals surface area contributed by atoms with Crippen molar-refractivity contribution < 1.29 is 0 Å². The van der Waals surface area contributed by atoms with Crippen molar-refractivity contribution in [3.63, 3.8) is 0 Å². The SMILES string of the molecule is NCCc1ccc(N2CCc3ccccc3C2)c(Cl)c1. The summed E-state index contributed by atoms with van der Waals surface area (Å²) in [5, 5.41) is 0.829. The number of hydrogen-bond acceptors (Lipinski definition) is 2. The number of halogens is 1. The van der Waals surface area contributed by atoms with E-state index in [2.05, 4.69) is 41.3 Å². The molecule has 0 saturated carbocycles. The van der Waals surface area contributed by atoms with Crippen molar-refractivity contribution in [1.82, 2.24) is 0 Å². The third-order valence-corrected chi connectivity index (χ3v) is 4.22. The van der Waals surface area contributed by atoms with Crippen molar-refractivity contribution in [2.45, 2.75) is 19.4 Å². The number of hydrogen-bond donors (Lipinski definition) is 1. The number of nitrogens with two attached hydrogens (primary N) is 1. The van der Waals surface area contributed by atoms with Crippen LogP contribution in [0.5, 0.6) is 0 Å². The normalized spacial score (nSPS) is 14.2. The lowest BCUT2D eigenvalue weighted by Crippen LogP contribution is -2.30. The maximum Gasteiger partial charge on any atom is 0.0642 e. The smallest absolute Gasteiger partial charge is 0.0642 e. The third kappa shape index (κ3) is 2.67. The van der Waals surface area contributed by atoms with Gasteiger partial charge in [0.05, 0.1) is 10.7 Å². The van der Waals surface area contributed by atoms with Gasteiger partial charge in [0.25, 0.3) is 0 Å². The fraction of sp³-hybridized carbons (Fsp3) is 0.294. The molecule has 0 aliphatic carbocycles. The summed E-state index contributed by atoms with van der Waals surface area (Å²) in [5.41, 5.74) is 10.8. The lowest BCUT2D eigenvalue weighted by Gasteiger charge is -2.31. The molecule has 0 unspecified atom stereocenters. The Balaban J connectivity index is 1.84. The molecule has 2 aromatic carbocycles. The minimum absolute atomic E-state index is 0.659. The third-order valence-electron chi connectivity index (χ3n) is 3.92. The molecule has 0 fully saturated rings. The van der Waals surface area contributed by atoms with E-state index < -0.39 is 0 Å². The van der Waals surface area contributed by atoms with Gasteiger partial charge in [-0.15, -0.1) is 0 Å². The Morgan fingerprint density at radius 2 is 1.90 bits per heavy atom. The molecule has 2 nitrogen and oxygen atoms in total. The number of anilines is 1. The van der Waals surface area contributed by atoms with Crippen LogP contribution in [-0.2, 0) is 19.4 Å². The molecule has 20 heavy (non-hydrogen) atoms. The predicted octanol–water partition coefficient (Wildman–Crippen LogP) is 3.40.